The standard InChI is InChI=1S/C11H9BrO2/c12-8-4-6-9(7-5-8)14-11-3-1-2-10(11)13/h3-7H,1-2H2. The number of halogens is 1. The van der Waals surface area contributed by atoms with Crippen LogP contribution in [0, 0.1) is 0 Å². The summed E-state index contributed by atoms with van der Waals surface area (Å²) in [7, 11) is 0. The van der Waals surface area contributed by atoms with Crippen molar-refractivity contribution in [2.45, 2.75) is 12.8 Å². The summed E-state index contributed by atoms with van der Waals surface area (Å²) in [4.78, 5) is 11.2. The first-order chi connectivity index (χ1) is 6.75. The molecule has 0 bridgehead atoms. The minimum atomic E-state index is 0.0907. The Morgan fingerprint density at radius 2 is 1.93 bits per heavy atom. The van der Waals surface area contributed by atoms with Gasteiger partial charge in [0, 0.05) is 10.9 Å². The molecule has 0 heterocycles. The molecule has 1 aromatic carbocycles. The van der Waals surface area contributed by atoms with Gasteiger partial charge in [0.05, 0.1) is 0 Å². The van der Waals surface area contributed by atoms with Gasteiger partial charge in [0.2, 0.25) is 0 Å². The number of ether oxygens (including phenoxy) is 1. The highest BCUT2D eigenvalue weighted by atomic mass is 79.9. The number of allylic oxidation sites excluding steroid dienone is 2. The van der Waals surface area contributed by atoms with Crippen molar-refractivity contribution in [3.05, 3.63) is 40.6 Å². The second-order valence-electron chi connectivity index (χ2n) is 3.09. The van der Waals surface area contributed by atoms with Crippen LogP contribution < -0.4 is 4.74 Å². The third-order valence-electron chi connectivity index (χ3n) is 2.02. The Hall–Kier alpha value is -1.09. The summed E-state index contributed by atoms with van der Waals surface area (Å²) in [6.07, 6.45) is 3.21. The van der Waals surface area contributed by atoms with Crippen LogP contribution in [0.25, 0.3) is 0 Å². The number of carbonyl (C=O) groups excluding carboxylic acids is 1. The van der Waals surface area contributed by atoms with Gasteiger partial charge in [0.25, 0.3) is 0 Å². The van der Waals surface area contributed by atoms with E-state index >= 15 is 0 Å². The minimum Gasteiger partial charge on any atom is -0.454 e. The first-order valence-electron chi connectivity index (χ1n) is 4.42. The monoisotopic (exact) mass is 252 g/mol. The van der Waals surface area contributed by atoms with Crippen LogP contribution in [0.1, 0.15) is 12.8 Å². The van der Waals surface area contributed by atoms with Gasteiger partial charge in [-0.05, 0) is 36.8 Å². The van der Waals surface area contributed by atoms with Gasteiger partial charge in [-0.3, -0.25) is 4.79 Å². The van der Waals surface area contributed by atoms with Gasteiger partial charge in [-0.1, -0.05) is 15.9 Å². The molecule has 0 saturated heterocycles. The fraction of sp³-hybridized carbons (Fsp3) is 0.182. The van der Waals surface area contributed by atoms with Gasteiger partial charge < -0.3 is 4.74 Å². The van der Waals surface area contributed by atoms with E-state index in [0.717, 1.165) is 10.9 Å². The average Bonchev–Trinajstić information content (AvgIpc) is 2.56. The Bertz CT molecular complexity index is 379. The predicted octanol–water partition coefficient (Wildman–Crippen LogP) is 3.07. The van der Waals surface area contributed by atoms with E-state index in [1.54, 1.807) is 0 Å². The molecule has 2 nitrogen and oxygen atoms in total. The van der Waals surface area contributed by atoms with Crippen molar-refractivity contribution >= 4 is 21.7 Å². The number of carbonyl (C=O) groups is 1. The van der Waals surface area contributed by atoms with Crippen molar-refractivity contribution in [1.29, 1.82) is 0 Å². The van der Waals surface area contributed by atoms with Crippen molar-refractivity contribution in [1.82, 2.24) is 0 Å². The topological polar surface area (TPSA) is 26.3 Å². The summed E-state index contributed by atoms with van der Waals surface area (Å²) in [5.74, 6) is 1.27. The number of Topliss-reactive ketones (excluding diaryl/α,β-unsaturated/α-hetero) is 1. The number of benzene rings is 1. The molecular weight excluding hydrogens is 244 g/mol. The zero-order valence-corrected chi connectivity index (χ0v) is 9.08. The SMILES string of the molecule is O=C1CCC=C1Oc1ccc(Br)cc1. The summed E-state index contributed by atoms with van der Waals surface area (Å²) in [5, 5.41) is 0. The molecule has 2 rings (SSSR count). The molecule has 0 amide bonds. The number of rotatable bonds is 2. The quantitative estimate of drug-likeness (QED) is 0.809. The first kappa shape index (κ1) is 9.46. The van der Waals surface area contributed by atoms with E-state index < -0.39 is 0 Å². The molecule has 1 aliphatic rings. The molecule has 0 radical (unpaired) electrons. The Morgan fingerprint density at radius 1 is 1.21 bits per heavy atom. The number of hydrogen-bond acceptors (Lipinski definition) is 2. The summed E-state index contributed by atoms with van der Waals surface area (Å²) < 4.78 is 6.43. The number of hydrogen-bond donors (Lipinski definition) is 0. The highest BCUT2D eigenvalue weighted by Crippen LogP contribution is 2.21. The Balaban J connectivity index is 2.11. The van der Waals surface area contributed by atoms with Gasteiger partial charge in [-0.2, -0.15) is 0 Å². The maximum absolute atomic E-state index is 11.2. The van der Waals surface area contributed by atoms with Crippen molar-refractivity contribution in [3.8, 4) is 5.75 Å². The van der Waals surface area contributed by atoms with E-state index in [1.807, 2.05) is 30.3 Å². The van der Waals surface area contributed by atoms with Gasteiger partial charge in [0.15, 0.2) is 11.5 Å². The van der Waals surface area contributed by atoms with Gasteiger partial charge >= 0.3 is 0 Å². The lowest BCUT2D eigenvalue weighted by atomic mass is 10.3. The molecule has 72 valence electrons. The molecule has 0 saturated carbocycles. The van der Waals surface area contributed by atoms with E-state index in [2.05, 4.69) is 15.9 Å². The maximum atomic E-state index is 11.2. The van der Waals surface area contributed by atoms with E-state index in [4.69, 9.17) is 4.74 Å². The van der Waals surface area contributed by atoms with Crippen molar-refractivity contribution in [2.24, 2.45) is 0 Å². The van der Waals surface area contributed by atoms with E-state index in [1.165, 1.54) is 0 Å². The number of ketones is 1. The van der Waals surface area contributed by atoms with Crippen molar-refractivity contribution in [3.63, 3.8) is 0 Å². The lowest BCUT2D eigenvalue weighted by Crippen LogP contribution is -2.02. The van der Waals surface area contributed by atoms with Crippen LogP contribution in [0.15, 0.2) is 40.6 Å². The molecule has 1 aliphatic carbocycles. The molecular formula is C11H9BrO2. The van der Waals surface area contributed by atoms with Crippen molar-refractivity contribution in [2.75, 3.05) is 0 Å². The third-order valence-corrected chi connectivity index (χ3v) is 2.55. The van der Waals surface area contributed by atoms with E-state index in [0.29, 0.717) is 17.9 Å². The summed E-state index contributed by atoms with van der Waals surface area (Å²) in [5.41, 5.74) is 0. The largest absolute Gasteiger partial charge is 0.454 e. The second-order valence-corrected chi connectivity index (χ2v) is 4.00. The zero-order chi connectivity index (χ0) is 9.97. The van der Waals surface area contributed by atoms with Crippen LogP contribution in [0.4, 0.5) is 0 Å². The van der Waals surface area contributed by atoms with Gasteiger partial charge in [-0.25, -0.2) is 0 Å². The Morgan fingerprint density at radius 3 is 2.50 bits per heavy atom. The summed E-state index contributed by atoms with van der Waals surface area (Å²) in [6.45, 7) is 0. The molecule has 1 aromatic rings. The predicted molar refractivity (Wildman–Crippen MR) is 57.1 cm³/mol. The highest BCUT2D eigenvalue weighted by Gasteiger charge is 2.16. The molecule has 0 unspecified atom stereocenters. The fourth-order valence-corrected chi connectivity index (χ4v) is 1.56. The molecule has 0 N–H and O–H groups in total. The lowest BCUT2D eigenvalue weighted by molar-refractivity contribution is -0.116. The normalized spacial score (nSPS) is 15.5. The molecule has 0 atom stereocenters. The summed E-state index contributed by atoms with van der Waals surface area (Å²) >= 11 is 3.33. The zero-order valence-electron chi connectivity index (χ0n) is 7.50. The molecule has 0 fully saturated rings. The van der Waals surface area contributed by atoms with Crippen molar-refractivity contribution < 1.29 is 9.53 Å². The van der Waals surface area contributed by atoms with Crippen LogP contribution in [-0.4, -0.2) is 5.78 Å². The average molecular weight is 253 g/mol. The van der Waals surface area contributed by atoms with Crippen LogP contribution in [0.2, 0.25) is 0 Å². The molecule has 14 heavy (non-hydrogen) atoms. The maximum Gasteiger partial charge on any atom is 0.197 e. The van der Waals surface area contributed by atoms with Crippen LogP contribution >= 0.6 is 15.9 Å². The highest BCUT2D eigenvalue weighted by molar-refractivity contribution is 9.10. The third kappa shape index (κ3) is 2.04. The van der Waals surface area contributed by atoms with Gasteiger partial charge in [0.1, 0.15) is 5.75 Å². The Labute approximate surface area is 90.7 Å². The van der Waals surface area contributed by atoms with Crippen LogP contribution in [0.5, 0.6) is 5.75 Å². The molecule has 3 heteroatoms. The Kier molecular flexibility index (Phi) is 2.68. The lowest BCUT2D eigenvalue weighted by Gasteiger charge is -2.04. The van der Waals surface area contributed by atoms with Gasteiger partial charge in [-0.15, -0.1) is 0 Å². The smallest absolute Gasteiger partial charge is 0.197 e. The molecule has 0 aromatic heterocycles. The van der Waals surface area contributed by atoms with Crippen LogP contribution in [-0.2, 0) is 4.79 Å². The molecule has 0 spiro atoms. The second kappa shape index (κ2) is 3.96. The fourth-order valence-electron chi connectivity index (χ4n) is 1.30. The molecule has 0 aliphatic heterocycles. The van der Waals surface area contributed by atoms with Crippen LogP contribution in [0.3, 0.4) is 0 Å². The minimum absolute atomic E-state index is 0.0907. The van der Waals surface area contributed by atoms with E-state index in [9.17, 15) is 4.79 Å². The van der Waals surface area contributed by atoms with E-state index in [-0.39, 0.29) is 5.78 Å². The summed E-state index contributed by atoms with van der Waals surface area (Å²) in [6, 6.07) is 7.43. The first-order valence-corrected chi connectivity index (χ1v) is 5.22.